The summed E-state index contributed by atoms with van der Waals surface area (Å²) in [4.78, 5) is 22.7. The summed E-state index contributed by atoms with van der Waals surface area (Å²) in [5, 5.41) is 22.9. The molecule has 0 bridgehead atoms. The van der Waals surface area contributed by atoms with Crippen LogP contribution in [-0.4, -0.2) is 25.1 Å². The van der Waals surface area contributed by atoms with Crippen molar-refractivity contribution in [3.63, 3.8) is 0 Å². The van der Waals surface area contributed by atoms with Crippen molar-refractivity contribution in [2.75, 3.05) is 19.5 Å². The molecule has 0 aliphatic rings. The van der Waals surface area contributed by atoms with Gasteiger partial charge >= 0.3 is 5.69 Å². The number of rotatable bonds is 6. The first-order valence-electron chi connectivity index (χ1n) is 7.38. The maximum Gasteiger partial charge on any atom is 0.311 e. The molecule has 1 N–H and O–H groups in total. The van der Waals surface area contributed by atoms with Crippen LogP contribution in [0, 0.1) is 21.4 Å². The Morgan fingerprint density at radius 1 is 1.19 bits per heavy atom. The van der Waals surface area contributed by atoms with E-state index in [0.717, 1.165) is 0 Å². The maximum atomic E-state index is 12.3. The van der Waals surface area contributed by atoms with Gasteiger partial charge in [0.05, 0.1) is 19.1 Å². The minimum Gasteiger partial charge on any atom is -0.497 e. The van der Waals surface area contributed by atoms with Crippen molar-refractivity contribution in [3.05, 3.63) is 63.7 Å². The van der Waals surface area contributed by atoms with Gasteiger partial charge in [0.15, 0.2) is 5.75 Å². The number of hydrogen-bond acceptors (Lipinski definition) is 6. The fourth-order valence-electron chi connectivity index (χ4n) is 2.13. The molecule has 2 aromatic rings. The Kier molecular flexibility index (Phi) is 5.90. The van der Waals surface area contributed by atoms with Crippen molar-refractivity contribution >= 4 is 23.4 Å². The normalized spacial score (nSPS) is 10.6. The number of nitro benzene ring substituents is 1. The molecule has 0 atom stereocenters. The number of carbonyl (C=O) groups excluding carboxylic acids is 1. The number of benzene rings is 2. The summed E-state index contributed by atoms with van der Waals surface area (Å²) in [7, 11) is 2.85. The average molecular weight is 353 g/mol. The van der Waals surface area contributed by atoms with Crippen LogP contribution in [0.5, 0.6) is 11.5 Å². The van der Waals surface area contributed by atoms with E-state index < -0.39 is 10.8 Å². The molecule has 0 unspecified atom stereocenters. The molecular formula is C18H15N3O5. The van der Waals surface area contributed by atoms with Crippen molar-refractivity contribution < 1.29 is 19.2 Å². The highest BCUT2D eigenvalue weighted by atomic mass is 16.6. The Morgan fingerprint density at radius 2 is 1.88 bits per heavy atom. The Morgan fingerprint density at radius 3 is 2.42 bits per heavy atom. The van der Waals surface area contributed by atoms with Crippen molar-refractivity contribution in [1.29, 1.82) is 5.26 Å². The summed E-state index contributed by atoms with van der Waals surface area (Å²) < 4.78 is 9.95. The van der Waals surface area contributed by atoms with E-state index in [9.17, 15) is 20.2 Å². The molecule has 0 fully saturated rings. The van der Waals surface area contributed by atoms with Crippen LogP contribution in [0.3, 0.4) is 0 Å². The van der Waals surface area contributed by atoms with E-state index in [1.807, 2.05) is 0 Å². The minimum atomic E-state index is -0.629. The maximum absolute atomic E-state index is 12.3. The molecule has 8 nitrogen and oxygen atoms in total. The predicted octanol–water partition coefficient (Wildman–Crippen LogP) is 3.16. The van der Waals surface area contributed by atoms with E-state index in [2.05, 4.69) is 5.32 Å². The van der Waals surface area contributed by atoms with Crippen molar-refractivity contribution in [3.8, 4) is 17.6 Å². The van der Waals surface area contributed by atoms with Gasteiger partial charge in [-0.2, -0.15) is 5.26 Å². The Balaban J connectivity index is 2.26. The third-order valence-corrected chi connectivity index (χ3v) is 3.42. The first kappa shape index (κ1) is 18.5. The second kappa shape index (κ2) is 8.30. The molecule has 0 saturated carbocycles. The largest absolute Gasteiger partial charge is 0.497 e. The van der Waals surface area contributed by atoms with Crippen LogP contribution in [0.4, 0.5) is 11.4 Å². The average Bonchev–Trinajstić information content (AvgIpc) is 2.66. The lowest BCUT2D eigenvalue weighted by atomic mass is 10.1. The minimum absolute atomic E-state index is 0.0911. The van der Waals surface area contributed by atoms with Gasteiger partial charge in [0, 0.05) is 11.8 Å². The smallest absolute Gasteiger partial charge is 0.311 e. The summed E-state index contributed by atoms with van der Waals surface area (Å²) in [5.41, 5.74) is 0.367. The quantitative estimate of drug-likeness (QED) is 0.369. The fourth-order valence-corrected chi connectivity index (χ4v) is 2.13. The van der Waals surface area contributed by atoms with Gasteiger partial charge < -0.3 is 14.8 Å². The van der Waals surface area contributed by atoms with Gasteiger partial charge in [0.25, 0.3) is 5.91 Å². The monoisotopic (exact) mass is 353 g/mol. The molecule has 2 rings (SSSR count). The number of nitrogens with one attached hydrogen (secondary N) is 1. The third kappa shape index (κ3) is 4.36. The summed E-state index contributed by atoms with van der Waals surface area (Å²) in [6, 6.07) is 12.5. The van der Waals surface area contributed by atoms with Gasteiger partial charge in [-0.05, 0) is 42.0 Å². The Bertz CT molecular complexity index is 898. The second-order valence-corrected chi connectivity index (χ2v) is 5.04. The number of nitrogens with zero attached hydrogens (tertiary/aromatic N) is 2. The standard InChI is InChI=1S/C18H15N3O5/c1-25-15-6-4-14(5-7-15)20-18(22)13(11-19)9-12-3-8-17(26-2)16(10-12)21(23)24/h3-10H,1-2H3,(H,20,22)/b13-9-. The van der Waals surface area contributed by atoms with Crippen molar-refractivity contribution in [1.82, 2.24) is 0 Å². The van der Waals surface area contributed by atoms with Crippen LogP contribution >= 0.6 is 0 Å². The van der Waals surface area contributed by atoms with Crippen LogP contribution in [-0.2, 0) is 4.79 Å². The Labute approximate surface area is 149 Å². The van der Waals surface area contributed by atoms with E-state index in [4.69, 9.17) is 9.47 Å². The highest BCUT2D eigenvalue weighted by Gasteiger charge is 2.16. The predicted molar refractivity (Wildman–Crippen MR) is 94.9 cm³/mol. The van der Waals surface area contributed by atoms with Crippen LogP contribution in [0.1, 0.15) is 5.56 Å². The molecule has 0 aromatic heterocycles. The molecule has 8 heteroatoms. The topological polar surface area (TPSA) is 114 Å². The van der Waals surface area contributed by atoms with Gasteiger partial charge in [-0.3, -0.25) is 14.9 Å². The number of nitriles is 1. The van der Waals surface area contributed by atoms with Crippen LogP contribution in [0.25, 0.3) is 6.08 Å². The number of anilines is 1. The van der Waals surface area contributed by atoms with Crippen LogP contribution < -0.4 is 14.8 Å². The lowest BCUT2D eigenvalue weighted by molar-refractivity contribution is -0.385. The SMILES string of the molecule is COc1ccc(NC(=O)/C(C#N)=C\c2ccc(OC)c([N+](=O)[O-])c2)cc1. The molecule has 0 radical (unpaired) electrons. The summed E-state index contributed by atoms with van der Waals surface area (Å²) in [6.07, 6.45) is 1.27. The van der Waals surface area contributed by atoms with Gasteiger partial charge in [-0.25, -0.2) is 0 Å². The third-order valence-electron chi connectivity index (χ3n) is 3.42. The zero-order valence-electron chi connectivity index (χ0n) is 14.1. The van der Waals surface area contributed by atoms with E-state index in [0.29, 0.717) is 17.0 Å². The summed E-state index contributed by atoms with van der Waals surface area (Å²) in [6.45, 7) is 0. The van der Waals surface area contributed by atoms with Crippen molar-refractivity contribution in [2.45, 2.75) is 0 Å². The summed E-state index contributed by atoms with van der Waals surface area (Å²) >= 11 is 0. The number of nitro groups is 1. The highest BCUT2D eigenvalue weighted by Crippen LogP contribution is 2.28. The first-order chi connectivity index (χ1) is 12.5. The molecule has 1 amide bonds. The molecule has 0 heterocycles. The molecular weight excluding hydrogens is 338 g/mol. The molecule has 0 spiro atoms. The zero-order chi connectivity index (χ0) is 19.1. The lowest BCUT2D eigenvalue weighted by Gasteiger charge is -2.06. The van der Waals surface area contributed by atoms with Gasteiger partial charge in [0.2, 0.25) is 0 Å². The summed E-state index contributed by atoms with van der Waals surface area (Å²) in [5.74, 6) is 0.0917. The number of hydrogen-bond donors (Lipinski definition) is 1. The fraction of sp³-hybridized carbons (Fsp3) is 0.111. The van der Waals surface area contributed by atoms with E-state index in [1.54, 1.807) is 30.3 Å². The van der Waals surface area contributed by atoms with Gasteiger partial charge in [-0.1, -0.05) is 6.07 Å². The number of ether oxygens (including phenoxy) is 2. The number of carbonyl (C=O) groups is 1. The molecule has 0 aliphatic heterocycles. The van der Waals surface area contributed by atoms with E-state index >= 15 is 0 Å². The second-order valence-electron chi connectivity index (χ2n) is 5.04. The van der Waals surface area contributed by atoms with Crippen molar-refractivity contribution in [2.24, 2.45) is 0 Å². The molecule has 0 aliphatic carbocycles. The Hall–Kier alpha value is -3.86. The molecule has 2 aromatic carbocycles. The van der Waals surface area contributed by atoms with Gasteiger partial charge in [0.1, 0.15) is 17.4 Å². The van der Waals surface area contributed by atoms with E-state index in [-0.39, 0.29) is 17.0 Å². The molecule has 0 saturated heterocycles. The van der Waals surface area contributed by atoms with E-state index in [1.165, 1.54) is 38.5 Å². The van der Waals surface area contributed by atoms with Crippen LogP contribution in [0.2, 0.25) is 0 Å². The van der Waals surface area contributed by atoms with Crippen LogP contribution in [0.15, 0.2) is 48.0 Å². The molecule has 26 heavy (non-hydrogen) atoms. The highest BCUT2D eigenvalue weighted by molar-refractivity contribution is 6.09. The zero-order valence-corrected chi connectivity index (χ0v) is 14.1. The van der Waals surface area contributed by atoms with Gasteiger partial charge in [-0.15, -0.1) is 0 Å². The molecule has 132 valence electrons. The number of amides is 1. The lowest BCUT2D eigenvalue weighted by Crippen LogP contribution is -2.13. The number of methoxy groups -OCH3 is 2. The first-order valence-corrected chi connectivity index (χ1v) is 7.38.